The molecule has 2 heterocycles. The summed E-state index contributed by atoms with van der Waals surface area (Å²) in [5.41, 5.74) is 5.68. The molecule has 0 atom stereocenters. The molecule has 152 valence electrons. The monoisotopic (exact) mass is 457 g/mol. The lowest BCUT2D eigenvalue weighted by Gasteiger charge is -2.25. The van der Waals surface area contributed by atoms with E-state index in [0.717, 1.165) is 72.3 Å². The van der Waals surface area contributed by atoms with Crippen molar-refractivity contribution in [1.82, 2.24) is 10.3 Å². The van der Waals surface area contributed by atoms with Gasteiger partial charge >= 0.3 is 0 Å². The van der Waals surface area contributed by atoms with Crippen LogP contribution in [0, 0.1) is 6.92 Å². The lowest BCUT2D eigenvalue weighted by molar-refractivity contribution is 0.0689. The first-order valence-electron chi connectivity index (χ1n) is 10.1. The number of carbonyl (C=O) groups excluding carboxylic acids is 2. The summed E-state index contributed by atoms with van der Waals surface area (Å²) in [4.78, 5) is 27.2. The first kappa shape index (κ1) is 19.9. The van der Waals surface area contributed by atoms with Gasteiger partial charge in [-0.3, -0.25) is 9.59 Å². The summed E-state index contributed by atoms with van der Waals surface area (Å²) >= 11 is 3.36. The molecule has 1 aliphatic heterocycles. The molecule has 1 aromatic heterocycles. The van der Waals surface area contributed by atoms with Gasteiger partial charge in [-0.2, -0.15) is 5.10 Å². The maximum Gasteiger partial charge on any atom is 0.289 e. The van der Waals surface area contributed by atoms with Gasteiger partial charge in [-0.15, -0.1) is 0 Å². The number of nitrogens with one attached hydrogen (secondary N) is 1. The lowest BCUT2D eigenvalue weighted by Crippen LogP contribution is -2.35. The second kappa shape index (κ2) is 8.53. The number of amides is 2. The quantitative estimate of drug-likeness (QED) is 0.691. The highest BCUT2D eigenvalue weighted by molar-refractivity contribution is 9.10. The number of halogens is 1. The number of benzene rings is 1. The van der Waals surface area contributed by atoms with Crippen molar-refractivity contribution in [3.05, 3.63) is 56.9 Å². The highest BCUT2D eigenvalue weighted by Gasteiger charge is 2.30. The summed E-state index contributed by atoms with van der Waals surface area (Å²) in [6, 6.07) is 7.12. The van der Waals surface area contributed by atoms with Gasteiger partial charge in [0.2, 0.25) is 0 Å². The summed E-state index contributed by atoms with van der Waals surface area (Å²) in [5.74, 6) is 0.925. The molecule has 1 N–H and O–H groups in total. The topological polar surface area (TPSA) is 74.9 Å². The first-order chi connectivity index (χ1) is 14.0. The maximum atomic E-state index is 12.9. The molecule has 0 saturated carbocycles. The molecular formula is C22H24BrN3O3. The minimum Gasteiger partial charge on any atom is -0.455 e. The Morgan fingerprint density at radius 2 is 1.79 bits per heavy atom. The van der Waals surface area contributed by atoms with E-state index in [9.17, 15) is 9.59 Å². The van der Waals surface area contributed by atoms with Gasteiger partial charge in [0.15, 0.2) is 5.76 Å². The van der Waals surface area contributed by atoms with E-state index >= 15 is 0 Å². The van der Waals surface area contributed by atoms with Crippen LogP contribution in [-0.2, 0) is 6.42 Å². The summed E-state index contributed by atoms with van der Waals surface area (Å²) in [6.45, 7) is 3.48. The number of fused-ring (bicyclic) bond motifs is 1. The number of nitrogens with zero attached hydrogens (tertiary/aromatic N) is 2. The van der Waals surface area contributed by atoms with Crippen molar-refractivity contribution in [1.29, 1.82) is 0 Å². The van der Waals surface area contributed by atoms with E-state index in [-0.39, 0.29) is 11.8 Å². The minimum atomic E-state index is -0.261. The molecule has 1 fully saturated rings. The van der Waals surface area contributed by atoms with Gasteiger partial charge < -0.3 is 9.32 Å². The molecule has 1 aromatic carbocycles. The van der Waals surface area contributed by atoms with Crippen molar-refractivity contribution in [2.45, 2.75) is 45.4 Å². The number of furan rings is 1. The van der Waals surface area contributed by atoms with E-state index in [4.69, 9.17) is 4.42 Å². The zero-order valence-corrected chi connectivity index (χ0v) is 18.0. The van der Waals surface area contributed by atoms with E-state index in [0.29, 0.717) is 11.3 Å². The Kier molecular flexibility index (Phi) is 5.85. The molecule has 4 rings (SSSR count). The third-order valence-electron chi connectivity index (χ3n) is 5.56. The molecule has 0 bridgehead atoms. The summed E-state index contributed by atoms with van der Waals surface area (Å²) in [6.07, 6.45) is 5.66. The molecule has 0 spiro atoms. The zero-order chi connectivity index (χ0) is 20.4. The van der Waals surface area contributed by atoms with Gasteiger partial charge in [0.25, 0.3) is 11.8 Å². The van der Waals surface area contributed by atoms with Crippen LogP contribution in [-0.4, -0.2) is 35.5 Å². The van der Waals surface area contributed by atoms with Crippen molar-refractivity contribution < 1.29 is 14.0 Å². The molecule has 29 heavy (non-hydrogen) atoms. The average molecular weight is 458 g/mol. The Hall–Kier alpha value is -2.41. The van der Waals surface area contributed by atoms with E-state index in [2.05, 4.69) is 26.5 Å². The summed E-state index contributed by atoms with van der Waals surface area (Å²) in [7, 11) is 0. The highest BCUT2D eigenvalue weighted by Crippen LogP contribution is 2.31. The lowest BCUT2D eigenvalue weighted by atomic mass is 9.93. The third kappa shape index (κ3) is 4.15. The number of carbonyl (C=O) groups is 2. The Morgan fingerprint density at radius 1 is 1.07 bits per heavy atom. The molecule has 2 aliphatic rings. The van der Waals surface area contributed by atoms with Crippen LogP contribution in [0.3, 0.4) is 0 Å². The van der Waals surface area contributed by atoms with Gasteiger partial charge in [0.05, 0.1) is 5.71 Å². The number of piperidine rings is 1. The molecule has 2 aromatic rings. The Labute approximate surface area is 178 Å². The molecule has 0 unspecified atom stereocenters. The van der Waals surface area contributed by atoms with Gasteiger partial charge in [-0.1, -0.05) is 15.9 Å². The second-order valence-corrected chi connectivity index (χ2v) is 8.48. The molecule has 7 heteroatoms. The largest absolute Gasteiger partial charge is 0.455 e. The number of hydrazone groups is 1. The predicted octanol–water partition coefficient (Wildman–Crippen LogP) is 4.45. The van der Waals surface area contributed by atoms with Crippen LogP contribution in [0.2, 0.25) is 0 Å². The van der Waals surface area contributed by atoms with Crippen molar-refractivity contribution in [2.24, 2.45) is 5.10 Å². The van der Waals surface area contributed by atoms with Crippen LogP contribution >= 0.6 is 15.9 Å². The first-order valence-corrected chi connectivity index (χ1v) is 10.9. The van der Waals surface area contributed by atoms with Crippen molar-refractivity contribution in [2.75, 3.05) is 13.1 Å². The Balaban J connectivity index is 1.56. The smallest absolute Gasteiger partial charge is 0.289 e. The fourth-order valence-electron chi connectivity index (χ4n) is 4.01. The summed E-state index contributed by atoms with van der Waals surface area (Å²) in [5, 5.41) is 4.39. The van der Waals surface area contributed by atoms with Crippen LogP contribution in [0.4, 0.5) is 0 Å². The van der Waals surface area contributed by atoms with Gasteiger partial charge in [0.1, 0.15) is 5.76 Å². The van der Waals surface area contributed by atoms with Gasteiger partial charge in [-0.25, -0.2) is 5.43 Å². The number of rotatable bonds is 3. The Morgan fingerprint density at radius 3 is 2.52 bits per heavy atom. The normalized spacial score (nSPS) is 17.9. The fourth-order valence-corrected chi connectivity index (χ4v) is 4.27. The van der Waals surface area contributed by atoms with Gasteiger partial charge in [-0.05, 0) is 63.3 Å². The van der Waals surface area contributed by atoms with Gasteiger partial charge in [0, 0.05) is 40.7 Å². The molecule has 2 amide bonds. The Bertz CT molecular complexity index is 956. The van der Waals surface area contributed by atoms with Crippen LogP contribution in [0.15, 0.2) is 38.3 Å². The van der Waals surface area contributed by atoms with E-state index in [1.165, 1.54) is 6.42 Å². The maximum absolute atomic E-state index is 12.9. The zero-order valence-electron chi connectivity index (χ0n) is 16.5. The number of aryl methyl sites for hydroxylation is 1. The number of hydrogen-bond donors (Lipinski definition) is 1. The molecule has 0 radical (unpaired) electrons. The van der Waals surface area contributed by atoms with Crippen LogP contribution in [0.5, 0.6) is 0 Å². The van der Waals surface area contributed by atoms with Crippen LogP contribution in [0.25, 0.3) is 0 Å². The predicted molar refractivity (Wildman–Crippen MR) is 114 cm³/mol. The number of hydrogen-bond acceptors (Lipinski definition) is 4. The minimum absolute atomic E-state index is 0.0325. The number of likely N-dealkylation sites (tertiary alicyclic amines) is 1. The SMILES string of the molecule is Cc1c(C(=O)N2CCCCC2)oc2c1/C(=N/NC(=O)c1ccc(Br)cc1)CCC2. The standard InChI is InChI=1S/C22H24BrN3O3/c1-14-19-17(24-25-21(27)15-8-10-16(23)11-9-15)6-5-7-18(19)29-20(14)22(28)26-12-3-2-4-13-26/h8-11H,2-7,12-13H2,1H3,(H,25,27)/b24-17+. The molecular weight excluding hydrogens is 434 g/mol. The van der Waals surface area contributed by atoms with E-state index in [1.54, 1.807) is 12.1 Å². The van der Waals surface area contributed by atoms with E-state index in [1.807, 2.05) is 24.0 Å². The fraction of sp³-hybridized carbons (Fsp3) is 0.409. The average Bonchev–Trinajstić information content (AvgIpc) is 3.10. The van der Waals surface area contributed by atoms with Crippen LogP contribution in [0.1, 0.15) is 69.9 Å². The van der Waals surface area contributed by atoms with Crippen molar-refractivity contribution in [3.63, 3.8) is 0 Å². The highest BCUT2D eigenvalue weighted by atomic mass is 79.9. The molecule has 1 saturated heterocycles. The van der Waals surface area contributed by atoms with Crippen molar-refractivity contribution in [3.8, 4) is 0 Å². The second-order valence-electron chi connectivity index (χ2n) is 7.57. The third-order valence-corrected chi connectivity index (χ3v) is 6.09. The van der Waals surface area contributed by atoms with E-state index < -0.39 is 0 Å². The summed E-state index contributed by atoms with van der Waals surface area (Å²) < 4.78 is 6.91. The molecule has 1 aliphatic carbocycles. The van der Waals surface area contributed by atoms with Crippen molar-refractivity contribution >= 4 is 33.5 Å². The molecule has 6 nitrogen and oxygen atoms in total. The van der Waals surface area contributed by atoms with Crippen LogP contribution < -0.4 is 5.43 Å².